The van der Waals surface area contributed by atoms with Gasteiger partial charge < -0.3 is 19.2 Å². The van der Waals surface area contributed by atoms with Crippen molar-refractivity contribution in [1.82, 2.24) is 15.2 Å². The van der Waals surface area contributed by atoms with Crippen LogP contribution in [0.5, 0.6) is 11.5 Å². The fourth-order valence-corrected chi connectivity index (χ4v) is 3.33. The maximum Gasteiger partial charge on any atom is 0.273 e. The van der Waals surface area contributed by atoms with Crippen LogP contribution in [-0.2, 0) is 19.6 Å². The van der Waals surface area contributed by atoms with Crippen molar-refractivity contribution in [3.05, 3.63) is 77.5 Å². The van der Waals surface area contributed by atoms with E-state index in [2.05, 4.69) is 27.3 Å². The molecular formula is C25H31N3O4. The predicted octanol–water partition coefficient (Wildman–Crippen LogP) is 4.42. The smallest absolute Gasteiger partial charge is 0.273 e. The highest BCUT2D eigenvalue weighted by Crippen LogP contribution is 2.26. The molecule has 0 aliphatic rings. The van der Waals surface area contributed by atoms with Gasteiger partial charge in [-0.05, 0) is 37.1 Å². The molecule has 1 N–H and O–H groups in total. The molecule has 1 heterocycles. The van der Waals surface area contributed by atoms with Crippen LogP contribution in [0.3, 0.4) is 0 Å². The second-order valence-corrected chi connectivity index (χ2v) is 7.72. The van der Waals surface area contributed by atoms with E-state index < -0.39 is 0 Å². The molecule has 170 valence electrons. The third-order valence-electron chi connectivity index (χ3n) is 5.26. The zero-order chi connectivity index (χ0) is 22.9. The minimum atomic E-state index is -0.224. The van der Waals surface area contributed by atoms with Gasteiger partial charge in [0.1, 0.15) is 17.8 Å². The summed E-state index contributed by atoms with van der Waals surface area (Å²) in [7, 11) is 3.30. The van der Waals surface area contributed by atoms with E-state index >= 15 is 0 Å². The van der Waals surface area contributed by atoms with Crippen molar-refractivity contribution >= 4 is 5.91 Å². The highest BCUT2D eigenvalue weighted by Gasteiger charge is 2.18. The molecule has 3 rings (SSSR count). The van der Waals surface area contributed by atoms with E-state index in [1.165, 1.54) is 6.26 Å². The van der Waals surface area contributed by atoms with Crippen molar-refractivity contribution < 1.29 is 18.7 Å². The fourth-order valence-electron chi connectivity index (χ4n) is 3.33. The predicted molar refractivity (Wildman–Crippen MR) is 123 cm³/mol. The highest BCUT2D eigenvalue weighted by molar-refractivity contribution is 5.92. The molecule has 7 heteroatoms. The average molecular weight is 438 g/mol. The number of aromatic nitrogens is 1. The van der Waals surface area contributed by atoms with Crippen LogP contribution in [0.15, 0.2) is 59.2 Å². The third-order valence-corrected chi connectivity index (χ3v) is 5.26. The molecule has 32 heavy (non-hydrogen) atoms. The molecule has 1 unspecified atom stereocenters. The molecule has 1 aromatic heterocycles. The van der Waals surface area contributed by atoms with Crippen molar-refractivity contribution in [2.45, 2.75) is 45.9 Å². The number of nitrogens with zero attached hydrogens (tertiary/aromatic N) is 2. The van der Waals surface area contributed by atoms with Crippen LogP contribution in [0.4, 0.5) is 0 Å². The van der Waals surface area contributed by atoms with Crippen molar-refractivity contribution in [2.24, 2.45) is 0 Å². The standard InChI is InChI=1S/C25H31N3O4/c1-5-18(2)26-25(29)22-17-32-24(27-22)16-28(14-19-9-7-6-8-10-19)15-20-13-21(30-3)11-12-23(20)31-4/h6-13,17-18H,5,14-16H2,1-4H3,(H,26,29). The van der Waals surface area contributed by atoms with Gasteiger partial charge in [-0.15, -0.1) is 0 Å². The first-order valence-corrected chi connectivity index (χ1v) is 10.7. The van der Waals surface area contributed by atoms with Gasteiger partial charge in [0.2, 0.25) is 5.89 Å². The monoisotopic (exact) mass is 437 g/mol. The first kappa shape index (κ1) is 23.3. The number of methoxy groups -OCH3 is 2. The number of ether oxygens (including phenoxy) is 2. The second-order valence-electron chi connectivity index (χ2n) is 7.72. The van der Waals surface area contributed by atoms with Gasteiger partial charge >= 0.3 is 0 Å². The van der Waals surface area contributed by atoms with Crippen LogP contribution in [-0.4, -0.2) is 36.1 Å². The lowest BCUT2D eigenvalue weighted by atomic mass is 10.1. The zero-order valence-corrected chi connectivity index (χ0v) is 19.1. The molecule has 0 spiro atoms. The number of hydrogen-bond acceptors (Lipinski definition) is 6. The summed E-state index contributed by atoms with van der Waals surface area (Å²) in [6, 6.07) is 16.0. The number of amides is 1. The van der Waals surface area contributed by atoms with Crippen molar-refractivity contribution in [3.63, 3.8) is 0 Å². The van der Waals surface area contributed by atoms with Gasteiger partial charge in [-0.3, -0.25) is 9.69 Å². The number of rotatable bonds is 11. The summed E-state index contributed by atoms with van der Waals surface area (Å²) in [6.45, 7) is 5.69. The van der Waals surface area contributed by atoms with E-state index in [-0.39, 0.29) is 11.9 Å². The molecule has 0 radical (unpaired) electrons. The summed E-state index contributed by atoms with van der Waals surface area (Å²) < 4.78 is 16.6. The summed E-state index contributed by atoms with van der Waals surface area (Å²) in [5, 5.41) is 2.91. The summed E-state index contributed by atoms with van der Waals surface area (Å²) in [6.07, 6.45) is 2.27. The number of hydrogen-bond donors (Lipinski definition) is 1. The molecular weight excluding hydrogens is 406 g/mol. The summed E-state index contributed by atoms with van der Waals surface area (Å²) in [4.78, 5) is 19.0. The summed E-state index contributed by atoms with van der Waals surface area (Å²) in [5.74, 6) is 1.81. The van der Waals surface area contributed by atoms with Gasteiger partial charge in [0.15, 0.2) is 5.69 Å². The molecule has 1 amide bonds. The lowest BCUT2D eigenvalue weighted by molar-refractivity contribution is 0.0934. The van der Waals surface area contributed by atoms with Gasteiger partial charge in [0, 0.05) is 24.7 Å². The van der Waals surface area contributed by atoms with Gasteiger partial charge in [-0.1, -0.05) is 37.3 Å². The van der Waals surface area contributed by atoms with Crippen molar-refractivity contribution in [1.29, 1.82) is 0 Å². The van der Waals surface area contributed by atoms with Crippen LogP contribution in [0.25, 0.3) is 0 Å². The maximum atomic E-state index is 12.4. The Labute approximate surface area is 189 Å². The van der Waals surface area contributed by atoms with Crippen molar-refractivity contribution in [3.8, 4) is 11.5 Å². The molecule has 1 atom stereocenters. The minimum Gasteiger partial charge on any atom is -0.497 e. The van der Waals surface area contributed by atoms with E-state index in [9.17, 15) is 4.79 Å². The molecule has 0 aliphatic heterocycles. The molecule has 0 bridgehead atoms. The lowest BCUT2D eigenvalue weighted by Crippen LogP contribution is -2.32. The quantitative estimate of drug-likeness (QED) is 0.478. The van der Waals surface area contributed by atoms with E-state index in [0.29, 0.717) is 31.2 Å². The number of oxazole rings is 1. The Kier molecular flexibility index (Phi) is 8.27. The maximum absolute atomic E-state index is 12.4. The van der Waals surface area contributed by atoms with Crippen LogP contribution in [0.2, 0.25) is 0 Å². The Balaban J connectivity index is 1.81. The normalized spacial score (nSPS) is 11.9. The number of carbonyl (C=O) groups is 1. The van der Waals surface area contributed by atoms with Gasteiger partial charge in [0.05, 0.1) is 20.8 Å². The largest absolute Gasteiger partial charge is 0.497 e. The Morgan fingerprint density at radius 2 is 1.88 bits per heavy atom. The topological polar surface area (TPSA) is 76.8 Å². The van der Waals surface area contributed by atoms with Crippen LogP contribution < -0.4 is 14.8 Å². The molecule has 7 nitrogen and oxygen atoms in total. The number of benzene rings is 2. The number of carbonyl (C=O) groups excluding carboxylic acids is 1. The number of nitrogens with one attached hydrogen (secondary N) is 1. The second kappa shape index (κ2) is 11.3. The molecule has 0 aliphatic carbocycles. The Morgan fingerprint density at radius 1 is 1.09 bits per heavy atom. The average Bonchev–Trinajstić information content (AvgIpc) is 3.28. The summed E-state index contributed by atoms with van der Waals surface area (Å²) >= 11 is 0. The Bertz CT molecular complexity index is 1000. The SMILES string of the molecule is CCC(C)NC(=O)c1coc(CN(Cc2ccccc2)Cc2cc(OC)ccc2OC)n1. The fraction of sp³-hybridized carbons (Fsp3) is 0.360. The molecule has 2 aromatic carbocycles. The van der Waals surface area contributed by atoms with Gasteiger partial charge in [-0.2, -0.15) is 0 Å². The highest BCUT2D eigenvalue weighted by atomic mass is 16.5. The van der Waals surface area contributed by atoms with Crippen molar-refractivity contribution in [2.75, 3.05) is 14.2 Å². The molecule has 3 aromatic rings. The first-order chi connectivity index (χ1) is 15.5. The first-order valence-electron chi connectivity index (χ1n) is 10.7. The van der Waals surface area contributed by atoms with Crippen LogP contribution >= 0.6 is 0 Å². The Morgan fingerprint density at radius 3 is 2.56 bits per heavy atom. The molecule has 0 saturated carbocycles. The Hall–Kier alpha value is -3.32. The summed E-state index contributed by atoms with van der Waals surface area (Å²) in [5.41, 5.74) is 2.44. The minimum absolute atomic E-state index is 0.0813. The zero-order valence-electron chi connectivity index (χ0n) is 19.1. The molecule has 0 saturated heterocycles. The lowest BCUT2D eigenvalue weighted by Gasteiger charge is -2.22. The van der Waals surface area contributed by atoms with Gasteiger partial charge in [0.25, 0.3) is 5.91 Å². The van der Waals surface area contributed by atoms with E-state index in [0.717, 1.165) is 29.0 Å². The van der Waals surface area contributed by atoms with E-state index in [4.69, 9.17) is 13.9 Å². The van der Waals surface area contributed by atoms with Crippen LogP contribution in [0.1, 0.15) is 47.8 Å². The molecule has 0 fully saturated rings. The third kappa shape index (κ3) is 6.34. The van der Waals surface area contributed by atoms with E-state index in [1.54, 1.807) is 14.2 Å². The van der Waals surface area contributed by atoms with Crippen LogP contribution in [0, 0.1) is 0 Å². The van der Waals surface area contributed by atoms with Gasteiger partial charge in [-0.25, -0.2) is 4.98 Å². The van der Waals surface area contributed by atoms with E-state index in [1.807, 2.05) is 50.2 Å².